The fourth-order valence-electron chi connectivity index (χ4n) is 2.67. The first-order chi connectivity index (χ1) is 13.1. The monoisotopic (exact) mass is 366 g/mol. The third kappa shape index (κ3) is 5.48. The Balaban J connectivity index is 2.19. The predicted molar refractivity (Wildman–Crippen MR) is 109 cm³/mol. The predicted octanol–water partition coefficient (Wildman–Crippen LogP) is 5.12. The van der Waals surface area contributed by atoms with E-state index in [1.54, 1.807) is 44.6 Å². The Hall–Kier alpha value is -3.01. The molecule has 2 aromatic rings. The number of ketones is 1. The topological polar surface area (TPSA) is 44.8 Å². The summed E-state index contributed by atoms with van der Waals surface area (Å²) in [5.74, 6) is 2.01. The highest BCUT2D eigenvalue weighted by atomic mass is 16.5. The summed E-state index contributed by atoms with van der Waals surface area (Å²) in [5, 5.41) is 0. The lowest BCUT2D eigenvalue weighted by Gasteiger charge is -2.13. The van der Waals surface area contributed by atoms with Gasteiger partial charge in [0.1, 0.15) is 5.75 Å². The van der Waals surface area contributed by atoms with E-state index in [-0.39, 0.29) is 5.78 Å². The minimum absolute atomic E-state index is 0.0721. The molecule has 0 saturated heterocycles. The molecule has 0 heterocycles. The van der Waals surface area contributed by atoms with Gasteiger partial charge in [0.15, 0.2) is 17.3 Å². The van der Waals surface area contributed by atoms with Gasteiger partial charge in [-0.1, -0.05) is 19.1 Å². The summed E-state index contributed by atoms with van der Waals surface area (Å²) in [6, 6.07) is 11.0. The van der Waals surface area contributed by atoms with Crippen LogP contribution in [0.4, 0.5) is 0 Å². The van der Waals surface area contributed by atoms with Crippen LogP contribution in [0, 0.1) is 0 Å². The van der Waals surface area contributed by atoms with Gasteiger partial charge >= 0.3 is 0 Å². The van der Waals surface area contributed by atoms with Crippen LogP contribution in [0.2, 0.25) is 0 Å². The van der Waals surface area contributed by atoms with E-state index in [9.17, 15) is 4.79 Å². The highest BCUT2D eigenvalue weighted by Crippen LogP contribution is 2.33. The fraction of sp³-hybridized carbons (Fsp3) is 0.261. The Morgan fingerprint density at radius 2 is 1.85 bits per heavy atom. The van der Waals surface area contributed by atoms with Crippen LogP contribution in [0.1, 0.15) is 34.8 Å². The molecule has 0 aliphatic heterocycles. The van der Waals surface area contributed by atoms with Crippen LogP contribution < -0.4 is 14.2 Å². The summed E-state index contributed by atoms with van der Waals surface area (Å²) in [6.45, 7) is 6.50. The number of carbonyl (C=O) groups excluding carboxylic acids is 1. The Bertz CT molecular complexity index is 804. The number of carbonyl (C=O) groups is 1. The molecule has 2 rings (SSSR count). The SMILES string of the molecule is C=CCc1cc(C=CC(=O)c2ccc(OCCC)cc2)cc(OC)c1OC. The van der Waals surface area contributed by atoms with Crippen LogP contribution in [-0.4, -0.2) is 26.6 Å². The molecule has 0 spiro atoms. The van der Waals surface area contributed by atoms with Crippen molar-refractivity contribution in [1.82, 2.24) is 0 Å². The number of hydrogen-bond acceptors (Lipinski definition) is 4. The second-order valence-corrected chi connectivity index (χ2v) is 5.98. The van der Waals surface area contributed by atoms with Crippen LogP contribution in [0.25, 0.3) is 6.08 Å². The summed E-state index contributed by atoms with van der Waals surface area (Å²) in [4.78, 5) is 12.4. The standard InChI is InChI=1S/C23H26O4/c1-5-7-19-15-17(16-22(25-3)23(19)26-4)8-13-21(24)18-9-11-20(12-10-18)27-14-6-2/h5,8-13,15-16H,1,6-7,14H2,2-4H3. The first-order valence-electron chi connectivity index (χ1n) is 8.94. The minimum atomic E-state index is -0.0721. The van der Waals surface area contributed by atoms with Gasteiger partial charge in [-0.05, 0) is 60.9 Å². The van der Waals surface area contributed by atoms with Crippen LogP contribution in [-0.2, 0) is 6.42 Å². The van der Waals surface area contributed by atoms with E-state index in [1.165, 1.54) is 0 Å². The van der Waals surface area contributed by atoms with Gasteiger partial charge in [0.05, 0.1) is 20.8 Å². The van der Waals surface area contributed by atoms with Crippen molar-refractivity contribution in [3.63, 3.8) is 0 Å². The smallest absolute Gasteiger partial charge is 0.185 e. The normalized spacial score (nSPS) is 10.6. The molecule has 0 aliphatic carbocycles. The number of ether oxygens (including phenoxy) is 3. The molecule has 0 aromatic heterocycles. The molecule has 2 aromatic carbocycles. The van der Waals surface area contributed by atoms with Crippen LogP contribution >= 0.6 is 0 Å². The average molecular weight is 366 g/mol. The molecule has 0 fully saturated rings. The zero-order chi connectivity index (χ0) is 19.6. The summed E-state index contributed by atoms with van der Waals surface area (Å²) in [5.41, 5.74) is 2.43. The van der Waals surface area contributed by atoms with Gasteiger partial charge in [0.25, 0.3) is 0 Å². The molecule has 0 radical (unpaired) electrons. The molecule has 0 atom stereocenters. The third-order valence-electron chi connectivity index (χ3n) is 3.98. The highest BCUT2D eigenvalue weighted by Gasteiger charge is 2.11. The average Bonchev–Trinajstić information content (AvgIpc) is 2.70. The largest absolute Gasteiger partial charge is 0.494 e. The Kier molecular flexibility index (Phi) is 7.68. The molecular weight excluding hydrogens is 340 g/mol. The first kappa shape index (κ1) is 20.3. The Morgan fingerprint density at radius 3 is 2.44 bits per heavy atom. The van der Waals surface area contributed by atoms with E-state index in [4.69, 9.17) is 14.2 Å². The lowest BCUT2D eigenvalue weighted by atomic mass is 10.0. The van der Waals surface area contributed by atoms with Gasteiger partial charge < -0.3 is 14.2 Å². The van der Waals surface area contributed by atoms with E-state index in [1.807, 2.05) is 24.3 Å². The van der Waals surface area contributed by atoms with E-state index < -0.39 is 0 Å². The van der Waals surface area contributed by atoms with Crippen molar-refractivity contribution in [1.29, 1.82) is 0 Å². The van der Waals surface area contributed by atoms with Crippen LogP contribution in [0.15, 0.2) is 55.1 Å². The molecule has 0 unspecified atom stereocenters. The van der Waals surface area contributed by atoms with E-state index >= 15 is 0 Å². The van der Waals surface area contributed by atoms with Gasteiger partial charge in [-0.15, -0.1) is 6.58 Å². The summed E-state index contributed by atoms with van der Waals surface area (Å²) >= 11 is 0. The van der Waals surface area contributed by atoms with Crippen molar-refractivity contribution in [2.75, 3.05) is 20.8 Å². The second-order valence-electron chi connectivity index (χ2n) is 5.98. The van der Waals surface area contributed by atoms with E-state index in [0.717, 1.165) is 23.3 Å². The van der Waals surface area contributed by atoms with Gasteiger partial charge in [0.2, 0.25) is 0 Å². The van der Waals surface area contributed by atoms with Crippen molar-refractivity contribution in [2.45, 2.75) is 19.8 Å². The summed E-state index contributed by atoms with van der Waals surface area (Å²) in [6.07, 6.45) is 6.73. The number of benzene rings is 2. The Labute approximate surface area is 161 Å². The summed E-state index contributed by atoms with van der Waals surface area (Å²) < 4.78 is 16.4. The Morgan fingerprint density at radius 1 is 1.11 bits per heavy atom. The maximum atomic E-state index is 12.4. The van der Waals surface area contributed by atoms with Crippen LogP contribution in [0.5, 0.6) is 17.2 Å². The molecular formula is C23H26O4. The quantitative estimate of drug-likeness (QED) is 0.333. The van der Waals surface area contributed by atoms with Crippen molar-refractivity contribution >= 4 is 11.9 Å². The maximum absolute atomic E-state index is 12.4. The second kappa shape index (κ2) is 10.2. The molecule has 0 aliphatic rings. The van der Waals surface area contributed by atoms with Crippen molar-refractivity contribution in [2.24, 2.45) is 0 Å². The van der Waals surface area contributed by atoms with E-state index in [2.05, 4.69) is 13.5 Å². The first-order valence-corrected chi connectivity index (χ1v) is 8.94. The number of methoxy groups -OCH3 is 2. The lowest BCUT2D eigenvalue weighted by molar-refractivity contribution is 0.104. The molecule has 0 saturated carbocycles. The molecule has 4 nitrogen and oxygen atoms in total. The zero-order valence-corrected chi connectivity index (χ0v) is 16.2. The number of rotatable bonds is 10. The highest BCUT2D eigenvalue weighted by molar-refractivity contribution is 6.06. The molecule has 0 bridgehead atoms. The molecule has 142 valence electrons. The van der Waals surface area contributed by atoms with Crippen molar-refractivity contribution in [3.05, 3.63) is 71.8 Å². The molecule has 27 heavy (non-hydrogen) atoms. The lowest BCUT2D eigenvalue weighted by Crippen LogP contribution is -1.98. The van der Waals surface area contributed by atoms with Gasteiger partial charge in [0, 0.05) is 11.1 Å². The molecule has 4 heteroatoms. The zero-order valence-electron chi connectivity index (χ0n) is 16.2. The van der Waals surface area contributed by atoms with Gasteiger partial charge in [-0.25, -0.2) is 0 Å². The number of hydrogen-bond donors (Lipinski definition) is 0. The van der Waals surface area contributed by atoms with Gasteiger partial charge in [-0.3, -0.25) is 4.79 Å². The third-order valence-corrected chi connectivity index (χ3v) is 3.98. The molecule has 0 N–H and O–H groups in total. The van der Waals surface area contributed by atoms with Crippen molar-refractivity contribution < 1.29 is 19.0 Å². The van der Waals surface area contributed by atoms with Crippen molar-refractivity contribution in [3.8, 4) is 17.2 Å². The van der Waals surface area contributed by atoms with Gasteiger partial charge in [-0.2, -0.15) is 0 Å². The summed E-state index contributed by atoms with van der Waals surface area (Å²) in [7, 11) is 3.20. The maximum Gasteiger partial charge on any atom is 0.185 e. The minimum Gasteiger partial charge on any atom is -0.494 e. The van der Waals surface area contributed by atoms with E-state index in [0.29, 0.717) is 30.1 Å². The number of allylic oxidation sites excluding steroid dienone is 2. The van der Waals surface area contributed by atoms with Crippen LogP contribution in [0.3, 0.4) is 0 Å². The molecule has 0 amide bonds. The fourth-order valence-corrected chi connectivity index (χ4v) is 2.67.